The van der Waals surface area contributed by atoms with Crippen molar-refractivity contribution in [3.05, 3.63) is 23.8 Å². The van der Waals surface area contributed by atoms with Gasteiger partial charge < -0.3 is 0 Å². The zero-order valence-electron chi connectivity index (χ0n) is 6.44. The lowest BCUT2D eigenvalue weighted by Crippen LogP contribution is -1.75. The number of rotatable bonds is 2. The fraction of sp³-hybridized carbons (Fsp3) is 0.125. The molecular formula is C8H7NOS2. The molecule has 1 aromatic rings. The van der Waals surface area contributed by atoms with Crippen LogP contribution in [0.5, 0.6) is 0 Å². The maximum absolute atomic E-state index is 9.94. The van der Waals surface area contributed by atoms with Gasteiger partial charge in [0.05, 0.1) is 5.69 Å². The van der Waals surface area contributed by atoms with E-state index in [0.717, 1.165) is 10.5 Å². The van der Waals surface area contributed by atoms with Crippen molar-refractivity contribution in [2.45, 2.75) is 11.8 Å². The van der Waals surface area contributed by atoms with Crippen LogP contribution in [-0.2, 0) is 4.79 Å². The third kappa shape index (κ3) is 2.14. The molecule has 0 aromatic heterocycles. The summed E-state index contributed by atoms with van der Waals surface area (Å²) in [5, 5.41) is 0. The zero-order chi connectivity index (χ0) is 8.97. The minimum absolute atomic E-state index is 0.618. The van der Waals surface area contributed by atoms with Gasteiger partial charge in [-0.05, 0) is 24.6 Å². The monoisotopic (exact) mass is 197 g/mol. The van der Waals surface area contributed by atoms with E-state index >= 15 is 0 Å². The van der Waals surface area contributed by atoms with E-state index in [4.69, 9.17) is 0 Å². The van der Waals surface area contributed by atoms with E-state index in [-0.39, 0.29) is 0 Å². The third-order valence-electron chi connectivity index (χ3n) is 1.44. The second-order valence-corrected chi connectivity index (χ2v) is 3.41. The Morgan fingerprint density at radius 3 is 2.92 bits per heavy atom. The lowest BCUT2D eigenvalue weighted by molar-refractivity contribution is 0.565. The first-order valence-corrected chi connectivity index (χ1v) is 5.14. The first kappa shape index (κ1) is 9.39. The molecular weight excluding hydrogens is 190 g/mol. The molecule has 2 nitrogen and oxygen atoms in total. The maximum atomic E-state index is 9.94. The molecule has 0 saturated heterocycles. The van der Waals surface area contributed by atoms with E-state index in [1.54, 1.807) is 12.1 Å². The van der Waals surface area contributed by atoms with Crippen molar-refractivity contribution in [1.82, 2.24) is 0 Å². The number of nitrogens with zero attached hydrogens (tertiary/aromatic N) is 1. The predicted molar refractivity (Wildman–Crippen MR) is 53.8 cm³/mol. The molecule has 1 aromatic carbocycles. The van der Waals surface area contributed by atoms with E-state index in [0.29, 0.717) is 5.69 Å². The first-order valence-electron chi connectivity index (χ1n) is 3.28. The summed E-state index contributed by atoms with van der Waals surface area (Å²) in [6, 6.07) is 5.47. The van der Waals surface area contributed by atoms with Crippen LogP contribution in [0.25, 0.3) is 0 Å². The number of carbonyl (C=O) groups excluding carboxylic acids is 1. The van der Waals surface area contributed by atoms with Gasteiger partial charge in [0, 0.05) is 4.90 Å². The number of aliphatic imine (C=N–C) groups is 1. The summed E-state index contributed by atoms with van der Waals surface area (Å²) in [6.07, 6.45) is 1.50. The normalized spacial score (nSPS) is 9.17. The number of isocyanates is 1. The van der Waals surface area contributed by atoms with Crippen LogP contribution in [0.15, 0.2) is 28.1 Å². The number of hydrogen-bond donors (Lipinski definition) is 1. The molecule has 0 heterocycles. The molecule has 0 aliphatic carbocycles. The number of hydrogen-bond acceptors (Lipinski definition) is 4. The van der Waals surface area contributed by atoms with Crippen molar-refractivity contribution >= 4 is 34.2 Å². The Morgan fingerprint density at radius 2 is 2.33 bits per heavy atom. The summed E-state index contributed by atoms with van der Waals surface area (Å²) >= 11 is 4.07. The van der Waals surface area contributed by atoms with Crippen molar-refractivity contribution in [1.29, 1.82) is 0 Å². The maximum Gasteiger partial charge on any atom is 0.240 e. The van der Waals surface area contributed by atoms with Crippen LogP contribution in [0, 0.1) is 6.92 Å². The van der Waals surface area contributed by atoms with E-state index in [1.165, 1.54) is 16.9 Å². The Hall–Kier alpha value is -0.700. The van der Waals surface area contributed by atoms with Gasteiger partial charge in [0.25, 0.3) is 0 Å². The van der Waals surface area contributed by atoms with Crippen LogP contribution in [0.4, 0.5) is 5.69 Å². The summed E-state index contributed by atoms with van der Waals surface area (Å²) in [4.78, 5) is 14.5. The summed E-state index contributed by atoms with van der Waals surface area (Å²) in [7, 11) is 1.34. The molecule has 0 fully saturated rings. The number of thiol groups is 1. The summed E-state index contributed by atoms with van der Waals surface area (Å²) in [5.74, 6) is 0. The molecule has 0 aliphatic heterocycles. The SMILES string of the molecule is Cc1ccc(N=C=O)cc1SS. The van der Waals surface area contributed by atoms with E-state index in [1.807, 2.05) is 13.0 Å². The van der Waals surface area contributed by atoms with E-state index in [9.17, 15) is 4.79 Å². The molecule has 0 bridgehead atoms. The second-order valence-electron chi connectivity index (χ2n) is 2.24. The van der Waals surface area contributed by atoms with Crippen molar-refractivity contribution in [3.8, 4) is 0 Å². The van der Waals surface area contributed by atoms with Crippen molar-refractivity contribution < 1.29 is 4.79 Å². The molecule has 0 aliphatic rings. The lowest BCUT2D eigenvalue weighted by atomic mass is 10.2. The van der Waals surface area contributed by atoms with E-state index in [2.05, 4.69) is 16.7 Å². The van der Waals surface area contributed by atoms with Crippen molar-refractivity contribution in [2.75, 3.05) is 0 Å². The van der Waals surface area contributed by atoms with E-state index < -0.39 is 0 Å². The second kappa shape index (κ2) is 4.36. The quantitative estimate of drug-likeness (QED) is 0.342. The van der Waals surface area contributed by atoms with Gasteiger partial charge in [-0.1, -0.05) is 16.9 Å². The Kier molecular flexibility index (Phi) is 3.41. The van der Waals surface area contributed by atoms with Crippen LogP contribution in [0.1, 0.15) is 5.56 Å². The molecule has 0 unspecified atom stereocenters. The van der Waals surface area contributed by atoms with Gasteiger partial charge in [-0.3, -0.25) is 0 Å². The van der Waals surface area contributed by atoms with Crippen molar-refractivity contribution in [3.63, 3.8) is 0 Å². The largest absolute Gasteiger partial charge is 0.240 e. The molecule has 0 radical (unpaired) electrons. The highest BCUT2D eigenvalue weighted by Crippen LogP contribution is 2.28. The van der Waals surface area contributed by atoms with Crippen LogP contribution in [-0.4, -0.2) is 6.08 Å². The Bertz CT molecular complexity index is 332. The van der Waals surface area contributed by atoms with Crippen LogP contribution in [0.2, 0.25) is 0 Å². The summed E-state index contributed by atoms with van der Waals surface area (Å²) < 4.78 is 0. The number of benzene rings is 1. The van der Waals surface area contributed by atoms with Crippen molar-refractivity contribution in [2.24, 2.45) is 4.99 Å². The molecule has 0 saturated carbocycles. The predicted octanol–water partition coefficient (Wildman–Crippen LogP) is 2.90. The number of aryl methyl sites for hydroxylation is 1. The fourth-order valence-electron chi connectivity index (χ4n) is 0.809. The third-order valence-corrected chi connectivity index (χ3v) is 2.67. The van der Waals surface area contributed by atoms with Gasteiger partial charge in [-0.25, -0.2) is 4.79 Å². The molecule has 0 spiro atoms. The molecule has 4 heteroatoms. The lowest BCUT2D eigenvalue weighted by Gasteiger charge is -2.00. The fourth-order valence-corrected chi connectivity index (χ4v) is 1.78. The summed E-state index contributed by atoms with van der Waals surface area (Å²) in [5.41, 5.74) is 1.74. The van der Waals surface area contributed by atoms with Crippen LogP contribution in [0.3, 0.4) is 0 Å². The van der Waals surface area contributed by atoms with Gasteiger partial charge in [0.2, 0.25) is 6.08 Å². The highest BCUT2D eigenvalue weighted by atomic mass is 33.1. The smallest absolute Gasteiger partial charge is 0.211 e. The molecule has 12 heavy (non-hydrogen) atoms. The molecule has 62 valence electrons. The van der Waals surface area contributed by atoms with Gasteiger partial charge in [-0.2, -0.15) is 4.99 Å². The highest BCUT2D eigenvalue weighted by Gasteiger charge is 1.97. The van der Waals surface area contributed by atoms with Gasteiger partial charge in [-0.15, -0.1) is 11.7 Å². The summed E-state index contributed by atoms with van der Waals surface area (Å²) in [6.45, 7) is 1.98. The first-order chi connectivity index (χ1) is 5.77. The van der Waals surface area contributed by atoms with Gasteiger partial charge in [0.15, 0.2) is 0 Å². The minimum atomic E-state index is 0.618. The Morgan fingerprint density at radius 1 is 1.58 bits per heavy atom. The minimum Gasteiger partial charge on any atom is -0.211 e. The molecule has 0 atom stereocenters. The molecule has 0 N–H and O–H groups in total. The Labute approximate surface area is 79.9 Å². The van der Waals surface area contributed by atoms with Crippen LogP contribution >= 0.6 is 22.5 Å². The Balaban J connectivity index is 3.13. The van der Waals surface area contributed by atoms with Crippen LogP contribution < -0.4 is 0 Å². The standard InChI is InChI=1S/C8H7NOS2/c1-6-2-3-7(9-5-10)4-8(6)12-11/h2-4,11H,1H3. The molecule has 0 amide bonds. The topological polar surface area (TPSA) is 29.4 Å². The highest BCUT2D eigenvalue weighted by molar-refractivity contribution is 8.68. The molecule has 1 rings (SSSR count). The zero-order valence-corrected chi connectivity index (χ0v) is 8.15. The average molecular weight is 197 g/mol. The van der Waals surface area contributed by atoms with Gasteiger partial charge in [0.1, 0.15) is 0 Å². The average Bonchev–Trinajstić information content (AvgIpc) is 2.09. The van der Waals surface area contributed by atoms with Gasteiger partial charge >= 0.3 is 0 Å².